The second-order valence-corrected chi connectivity index (χ2v) is 3.43. The topological polar surface area (TPSA) is 101 Å². The van der Waals surface area contributed by atoms with Gasteiger partial charge in [0.15, 0.2) is 4.67 Å². The Morgan fingerprint density at radius 1 is 1.73 bits per heavy atom. The van der Waals surface area contributed by atoms with Gasteiger partial charge in [0.25, 0.3) is 5.91 Å². The van der Waals surface area contributed by atoms with Crippen LogP contribution in [0.2, 0.25) is 0 Å². The molecule has 0 aliphatic carbocycles. The first-order chi connectivity index (χ1) is 7.15. The van der Waals surface area contributed by atoms with E-state index in [2.05, 4.69) is 26.4 Å². The summed E-state index contributed by atoms with van der Waals surface area (Å²) in [6.45, 7) is 0.298. The van der Waals surface area contributed by atoms with Crippen molar-refractivity contribution in [1.29, 1.82) is 0 Å². The summed E-state index contributed by atoms with van der Waals surface area (Å²) in [6.07, 6.45) is 1.69. The molecule has 1 amide bonds. The van der Waals surface area contributed by atoms with Gasteiger partial charge in [0.2, 0.25) is 0 Å². The lowest BCUT2D eigenvalue weighted by molar-refractivity contribution is 0.0953. The van der Waals surface area contributed by atoms with E-state index in [9.17, 15) is 4.79 Å². The zero-order chi connectivity index (χ0) is 11.3. The summed E-state index contributed by atoms with van der Waals surface area (Å²) in [7, 11) is 0. The van der Waals surface area contributed by atoms with E-state index in [1.807, 2.05) is 0 Å². The van der Waals surface area contributed by atoms with Crippen LogP contribution in [0.1, 0.15) is 16.8 Å². The standard InChI is InChI=1S/C8H10BrN3O3/c9-7-5(2-4-15-7)8(13)11-3-1-6(10)12-14/h2,4,14H,1,3H2,(H2,10,12)(H,11,13). The molecule has 1 heterocycles. The minimum atomic E-state index is -0.277. The number of amidine groups is 1. The van der Waals surface area contributed by atoms with Crippen LogP contribution in [-0.4, -0.2) is 23.5 Å². The van der Waals surface area contributed by atoms with Gasteiger partial charge in [0, 0.05) is 13.0 Å². The molecule has 1 aromatic heterocycles. The highest BCUT2D eigenvalue weighted by molar-refractivity contribution is 9.10. The number of nitrogens with zero attached hydrogens (tertiary/aromatic N) is 1. The first-order valence-corrected chi connectivity index (χ1v) is 4.92. The largest absolute Gasteiger partial charge is 0.457 e. The molecule has 1 aromatic rings. The molecule has 0 atom stereocenters. The third-order valence-corrected chi connectivity index (χ3v) is 2.27. The number of amides is 1. The lowest BCUT2D eigenvalue weighted by atomic mass is 10.3. The molecular weight excluding hydrogens is 266 g/mol. The Labute approximate surface area is 94.2 Å². The molecule has 0 aromatic carbocycles. The van der Waals surface area contributed by atoms with E-state index in [-0.39, 0.29) is 18.2 Å². The van der Waals surface area contributed by atoms with E-state index in [0.717, 1.165) is 0 Å². The first-order valence-electron chi connectivity index (χ1n) is 4.12. The van der Waals surface area contributed by atoms with Crippen molar-refractivity contribution >= 4 is 27.7 Å². The van der Waals surface area contributed by atoms with Crippen molar-refractivity contribution in [3.05, 3.63) is 22.6 Å². The summed E-state index contributed by atoms with van der Waals surface area (Å²) in [5.74, 6) is -0.206. The molecule has 0 aliphatic rings. The average Bonchev–Trinajstić information content (AvgIpc) is 2.64. The number of carbonyl (C=O) groups is 1. The van der Waals surface area contributed by atoms with E-state index >= 15 is 0 Å². The second kappa shape index (κ2) is 5.40. The third-order valence-electron chi connectivity index (χ3n) is 1.66. The van der Waals surface area contributed by atoms with Crippen LogP contribution in [0, 0.1) is 0 Å². The van der Waals surface area contributed by atoms with Crippen molar-refractivity contribution in [3.8, 4) is 0 Å². The fraction of sp³-hybridized carbons (Fsp3) is 0.250. The molecule has 0 bridgehead atoms. The van der Waals surface area contributed by atoms with Crippen LogP contribution in [-0.2, 0) is 0 Å². The number of nitrogens with one attached hydrogen (secondary N) is 1. The van der Waals surface area contributed by atoms with E-state index < -0.39 is 0 Å². The number of carbonyl (C=O) groups excluding carboxylic acids is 1. The predicted octanol–water partition coefficient (Wildman–Crippen LogP) is 0.908. The van der Waals surface area contributed by atoms with Crippen LogP contribution in [0.15, 0.2) is 26.6 Å². The van der Waals surface area contributed by atoms with Gasteiger partial charge in [-0.25, -0.2) is 0 Å². The van der Waals surface area contributed by atoms with Crippen LogP contribution in [0.5, 0.6) is 0 Å². The molecule has 4 N–H and O–H groups in total. The van der Waals surface area contributed by atoms with Crippen molar-refractivity contribution in [3.63, 3.8) is 0 Å². The van der Waals surface area contributed by atoms with E-state index in [1.54, 1.807) is 6.07 Å². The molecule has 15 heavy (non-hydrogen) atoms. The Kier molecular flexibility index (Phi) is 4.17. The van der Waals surface area contributed by atoms with Crippen molar-refractivity contribution < 1.29 is 14.4 Å². The van der Waals surface area contributed by atoms with Gasteiger partial charge in [-0.1, -0.05) is 5.16 Å². The van der Waals surface area contributed by atoms with Gasteiger partial charge in [-0.3, -0.25) is 4.79 Å². The lowest BCUT2D eigenvalue weighted by Crippen LogP contribution is -2.27. The number of oxime groups is 1. The molecule has 0 unspecified atom stereocenters. The van der Waals surface area contributed by atoms with E-state index in [1.165, 1.54) is 6.26 Å². The predicted molar refractivity (Wildman–Crippen MR) is 56.8 cm³/mol. The normalized spacial score (nSPS) is 11.4. The zero-order valence-corrected chi connectivity index (χ0v) is 9.32. The molecule has 1 rings (SSSR count). The van der Waals surface area contributed by atoms with Crippen LogP contribution in [0.4, 0.5) is 0 Å². The summed E-state index contributed by atoms with van der Waals surface area (Å²) in [4.78, 5) is 11.5. The zero-order valence-electron chi connectivity index (χ0n) is 7.74. The van der Waals surface area contributed by atoms with Crippen molar-refractivity contribution in [2.24, 2.45) is 10.9 Å². The molecule has 82 valence electrons. The van der Waals surface area contributed by atoms with Gasteiger partial charge in [-0.2, -0.15) is 0 Å². The Morgan fingerprint density at radius 3 is 3.00 bits per heavy atom. The van der Waals surface area contributed by atoms with Crippen LogP contribution in [0.3, 0.4) is 0 Å². The number of rotatable bonds is 4. The molecule has 0 saturated heterocycles. The number of nitrogens with two attached hydrogens (primary N) is 1. The van der Waals surface area contributed by atoms with Gasteiger partial charge >= 0.3 is 0 Å². The van der Waals surface area contributed by atoms with E-state index in [0.29, 0.717) is 16.8 Å². The first kappa shape index (κ1) is 11.6. The summed E-state index contributed by atoms with van der Waals surface area (Å²) < 4.78 is 5.28. The number of halogens is 1. The summed E-state index contributed by atoms with van der Waals surface area (Å²) in [6, 6.07) is 1.54. The maximum absolute atomic E-state index is 11.5. The van der Waals surface area contributed by atoms with Crippen LogP contribution >= 0.6 is 15.9 Å². The molecule has 0 saturated carbocycles. The minimum absolute atomic E-state index is 0.0709. The monoisotopic (exact) mass is 275 g/mol. The third kappa shape index (κ3) is 3.28. The van der Waals surface area contributed by atoms with Crippen LogP contribution in [0.25, 0.3) is 0 Å². The summed E-state index contributed by atoms with van der Waals surface area (Å²) >= 11 is 3.09. The SMILES string of the molecule is N/C(CCNC(=O)c1ccoc1Br)=N/O. The van der Waals surface area contributed by atoms with E-state index in [4.69, 9.17) is 15.4 Å². The molecule has 6 nitrogen and oxygen atoms in total. The van der Waals surface area contributed by atoms with Crippen molar-refractivity contribution in [2.75, 3.05) is 6.54 Å². The molecule has 0 fully saturated rings. The Bertz CT molecular complexity index is 375. The van der Waals surface area contributed by atoms with Gasteiger partial charge in [-0.15, -0.1) is 0 Å². The van der Waals surface area contributed by atoms with Gasteiger partial charge < -0.3 is 20.7 Å². The fourth-order valence-electron chi connectivity index (χ4n) is 0.905. The fourth-order valence-corrected chi connectivity index (χ4v) is 1.33. The summed E-state index contributed by atoms with van der Waals surface area (Å²) in [5, 5.41) is 13.6. The number of furan rings is 1. The van der Waals surface area contributed by atoms with Gasteiger partial charge in [0.05, 0.1) is 11.8 Å². The second-order valence-electron chi connectivity index (χ2n) is 2.71. The Morgan fingerprint density at radius 2 is 2.47 bits per heavy atom. The van der Waals surface area contributed by atoms with Crippen LogP contribution < -0.4 is 11.1 Å². The Hall–Kier alpha value is -1.50. The van der Waals surface area contributed by atoms with Crippen molar-refractivity contribution in [1.82, 2.24) is 5.32 Å². The summed E-state index contributed by atoms with van der Waals surface area (Å²) in [5.41, 5.74) is 5.64. The minimum Gasteiger partial charge on any atom is -0.457 e. The molecule has 0 radical (unpaired) electrons. The maximum Gasteiger partial charge on any atom is 0.255 e. The van der Waals surface area contributed by atoms with Crippen molar-refractivity contribution in [2.45, 2.75) is 6.42 Å². The van der Waals surface area contributed by atoms with Gasteiger partial charge in [0.1, 0.15) is 5.84 Å². The highest BCUT2D eigenvalue weighted by Crippen LogP contribution is 2.16. The maximum atomic E-state index is 11.5. The molecule has 7 heteroatoms. The van der Waals surface area contributed by atoms with Gasteiger partial charge in [-0.05, 0) is 22.0 Å². The molecule has 0 aliphatic heterocycles. The highest BCUT2D eigenvalue weighted by atomic mass is 79.9. The molecular formula is C8H10BrN3O3. The lowest BCUT2D eigenvalue weighted by Gasteiger charge is -2.02. The quantitative estimate of drug-likeness (QED) is 0.329. The number of hydrogen-bond donors (Lipinski definition) is 3. The molecule has 0 spiro atoms. The number of hydrogen-bond acceptors (Lipinski definition) is 4. The smallest absolute Gasteiger partial charge is 0.255 e. The highest BCUT2D eigenvalue weighted by Gasteiger charge is 2.11. The Balaban J connectivity index is 2.41. The average molecular weight is 276 g/mol.